The predicted octanol–water partition coefficient (Wildman–Crippen LogP) is 5.20. The molecule has 114 valence electrons. The summed E-state index contributed by atoms with van der Waals surface area (Å²) in [5.74, 6) is 0. The summed E-state index contributed by atoms with van der Waals surface area (Å²) >= 11 is 1.51. The molecule has 0 aliphatic rings. The summed E-state index contributed by atoms with van der Waals surface area (Å²) in [6.07, 6.45) is 3.54. The predicted molar refractivity (Wildman–Crippen MR) is 94.3 cm³/mol. The average Bonchev–Trinajstić information content (AvgIpc) is 3.03. The van der Waals surface area contributed by atoms with Gasteiger partial charge in [0.05, 0.1) is 16.2 Å². The van der Waals surface area contributed by atoms with Gasteiger partial charge in [0.2, 0.25) is 0 Å². The highest BCUT2D eigenvalue weighted by molar-refractivity contribution is 7.10. The second-order valence-corrected chi connectivity index (χ2v) is 5.98. The lowest BCUT2D eigenvalue weighted by molar-refractivity contribution is -0.385. The van der Waals surface area contributed by atoms with Crippen molar-refractivity contribution in [3.8, 4) is 11.3 Å². The van der Waals surface area contributed by atoms with Crippen LogP contribution in [0.4, 0.5) is 5.69 Å². The maximum absolute atomic E-state index is 11.0. The molecule has 2 aromatic carbocycles. The Morgan fingerprint density at radius 1 is 1.09 bits per heavy atom. The lowest BCUT2D eigenvalue weighted by atomic mass is 10.1. The maximum atomic E-state index is 11.0. The van der Waals surface area contributed by atoms with E-state index in [0.29, 0.717) is 5.56 Å². The van der Waals surface area contributed by atoms with E-state index in [-0.39, 0.29) is 10.6 Å². The summed E-state index contributed by atoms with van der Waals surface area (Å²) < 4.78 is 0. The van der Waals surface area contributed by atoms with Gasteiger partial charge in [0.15, 0.2) is 0 Å². The lowest BCUT2D eigenvalue weighted by Crippen LogP contribution is -1.90. The molecule has 0 radical (unpaired) electrons. The summed E-state index contributed by atoms with van der Waals surface area (Å²) in [7, 11) is 0. The Bertz CT molecular complexity index is 867. The van der Waals surface area contributed by atoms with Crippen molar-refractivity contribution in [1.29, 1.82) is 0 Å². The topological polar surface area (TPSA) is 56.0 Å². The molecule has 23 heavy (non-hydrogen) atoms. The molecule has 1 aromatic heterocycles. The standard InChI is InChI=1S/C18H14N2O2S/c1-13-6-8-14(9-7-13)16-12-23-18(19-16)11-10-15-4-2-3-5-17(15)20(21)22/h2-12H,1H3/b11-10+. The van der Waals surface area contributed by atoms with Crippen LogP contribution in [0, 0.1) is 17.0 Å². The van der Waals surface area contributed by atoms with Crippen LogP contribution < -0.4 is 0 Å². The number of rotatable bonds is 4. The first-order valence-corrected chi connectivity index (χ1v) is 7.95. The summed E-state index contributed by atoms with van der Waals surface area (Å²) in [6, 6.07) is 14.9. The Morgan fingerprint density at radius 3 is 2.57 bits per heavy atom. The molecule has 0 spiro atoms. The minimum absolute atomic E-state index is 0.0964. The molecule has 0 N–H and O–H groups in total. The number of nitro benzene ring substituents is 1. The molecule has 0 bridgehead atoms. The molecule has 4 nitrogen and oxygen atoms in total. The quantitative estimate of drug-likeness (QED) is 0.490. The third kappa shape index (κ3) is 3.52. The highest BCUT2D eigenvalue weighted by Crippen LogP contribution is 2.25. The van der Waals surface area contributed by atoms with Gasteiger partial charge in [0.25, 0.3) is 5.69 Å². The highest BCUT2D eigenvalue weighted by Gasteiger charge is 2.09. The molecule has 0 unspecified atom stereocenters. The number of hydrogen-bond acceptors (Lipinski definition) is 4. The van der Waals surface area contributed by atoms with Gasteiger partial charge >= 0.3 is 0 Å². The first kappa shape index (κ1) is 15.1. The molecular formula is C18H14N2O2S. The third-order valence-electron chi connectivity index (χ3n) is 3.41. The van der Waals surface area contributed by atoms with E-state index in [1.165, 1.54) is 23.0 Å². The van der Waals surface area contributed by atoms with Crippen LogP contribution in [0.5, 0.6) is 0 Å². The molecule has 0 saturated carbocycles. The van der Waals surface area contributed by atoms with Gasteiger partial charge in [-0.2, -0.15) is 0 Å². The van der Waals surface area contributed by atoms with Gasteiger partial charge in [-0.1, -0.05) is 42.0 Å². The van der Waals surface area contributed by atoms with E-state index in [1.807, 2.05) is 30.5 Å². The summed E-state index contributed by atoms with van der Waals surface area (Å²) in [6.45, 7) is 2.05. The van der Waals surface area contributed by atoms with Crippen LogP contribution >= 0.6 is 11.3 Å². The molecule has 3 aromatic rings. The van der Waals surface area contributed by atoms with Crippen molar-refractivity contribution in [3.05, 3.63) is 80.2 Å². The Balaban J connectivity index is 1.84. The molecule has 5 heteroatoms. The SMILES string of the molecule is Cc1ccc(-c2csc(/C=C/c3ccccc3[N+](=O)[O-])n2)cc1. The number of thiazole rings is 1. The van der Waals surface area contributed by atoms with Crippen molar-refractivity contribution < 1.29 is 4.92 Å². The highest BCUT2D eigenvalue weighted by atomic mass is 32.1. The van der Waals surface area contributed by atoms with Gasteiger partial charge < -0.3 is 0 Å². The number of nitro groups is 1. The molecule has 0 fully saturated rings. The maximum Gasteiger partial charge on any atom is 0.276 e. The van der Waals surface area contributed by atoms with Crippen LogP contribution in [0.2, 0.25) is 0 Å². The normalized spacial score (nSPS) is 11.0. The second kappa shape index (κ2) is 6.54. The Morgan fingerprint density at radius 2 is 1.83 bits per heavy atom. The van der Waals surface area contributed by atoms with Crippen LogP contribution in [0.25, 0.3) is 23.4 Å². The largest absolute Gasteiger partial charge is 0.276 e. The Labute approximate surface area is 137 Å². The molecule has 0 atom stereocenters. The fourth-order valence-corrected chi connectivity index (χ4v) is 2.90. The zero-order valence-corrected chi connectivity index (χ0v) is 13.3. The van der Waals surface area contributed by atoms with E-state index < -0.39 is 0 Å². The monoisotopic (exact) mass is 322 g/mol. The fourth-order valence-electron chi connectivity index (χ4n) is 2.18. The summed E-state index contributed by atoms with van der Waals surface area (Å²) in [4.78, 5) is 15.2. The van der Waals surface area contributed by atoms with Gasteiger partial charge in [0.1, 0.15) is 5.01 Å². The minimum Gasteiger partial charge on any atom is -0.258 e. The number of para-hydroxylation sites is 1. The van der Waals surface area contributed by atoms with E-state index >= 15 is 0 Å². The molecule has 0 saturated heterocycles. The number of aromatic nitrogens is 1. The first-order valence-electron chi connectivity index (χ1n) is 7.07. The van der Waals surface area contributed by atoms with E-state index in [2.05, 4.69) is 17.1 Å². The molecule has 0 aliphatic heterocycles. The molecule has 0 amide bonds. The zero-order chi connectivity index (χ0) is 16.2. The van der Waals surface area contributed by atoms with Crippen LogP contribution in [0.1, 0.15) is 16.1 Å². The van der Waals surface area contributed by atoms with Crippen LogP contribution in [0.15, 0.2) is 53.9 Å². The van der Waals surface area contributed by atoms with Crippen molar-refractivity contribution >= 4 is 29.2 Å². The van der Waals surface area contributed by atoms with Gasteiger partial charge in [-0.05, 0) is 25.1 Å². The minimum atomic E-state index is -0.376. The van der Waals surface area contributed by atoms with E-state index in [1.54, 1.807) is 24.3 Å². The van der Waals surface area contributed by atoms with Crippen LogP contribution in [-0.2, 0) is 0 Å². The van der Waals surface area contributed by atoms with E-state index in [9.17, 15) is 10.1 Å². The van der Waals surface area contributed by atoms with Gasteiger partial charge in [-0.15, -0.1) is 11.3 Å². The van der Waals surface area contributed by atoms with Crippen molar-refractivity contribution in [2.45, 2.75) is 6.92 Å². The Hall–Kier alpha value is -2.79. The third-order valence-corrected chi connectivity index (χ3v) is 4.22. The van der Waals surface area contributed by atoms with Gasteiger partial charge in [0, 0.05) is 17.0 Å². The van der Waals surface area contributed by atoms with Gasteiger partial charge in [-0.3, -0.25) is 10.1 Å². The number of benzene rings is 2. The van der Waals surface area contributed by atoms with Crippen molar-refractivity contribution in [1.82, 2.24) is 4.98 Å². The number of nitrogens with zero attached hydrogens (tertiary/aromatic N) is 2. The second-order valence-electron chi connectivity index (χ2n) is 5.09. The first-order chi connectivity index (χ1) is 11.1. The van der Waals surface area contributed by atoms with Crippen molar-refractivity contribution in [2.24, 2.45) is 0 Å². The van der Waals surface area contributed by atoms with Crippen LogP contribution in [-0.4, -0.2) is 9.91 Å². The van der Waals surface area contributed by atoms with Crippen molar-refractivity contribution in [2.75, 3.05) is 0 Å². The molecule has 0 aliphatic carbocycles. The number of hydrogen-bond donors (Lipinski definition) is 0. The van der Waals surface area contributed by atoms with Crippen molar-refractivity contribution in [3.63, 3.8) is 0 Å². The molecule has 3 rings (SSSR count). The average molecular weight is 322 g/mol. The zero-order valence-electron chi connectivity index (χ0n) is 12.5. The number of aryl methyl sites for hydroxylation is 1. The molecular weight excluding hydrogens is 308 g/mol. The van der Waals surface area contributed by atoms with E-state index in [4.69, 9.17) is 0 Å². The molecule has 1 heterocycles. The van der Waals surface area contributed by atoms with Crippen LogP contribution in [0.3, 0.4) is 0 Å². The summed E-state index contributed by atoms with van der Waals surface area (Å²) in [5.41, 5.74) is 3.86. The lowest BCUT2D eigenvalue weighted by Gasteiger charge is -1.97. The van der Waals surface area contributed by atoms with E-state index in [0.717, 1.165) is 16.3 Å². The Kier molecular flexibility index (Phi) is 4.30. The summed E-state index contributed by atoms with van der Waals surface area (Å²) in [5, 5.41) is 13.8. The smallest absolute Gasteiger partial charge is 0.258 e. The fraction of sp³-hybridized carbons (Fsp3) is 0.0556. The van der Waals surface area contributed by atoms with Gasteiger partial charge in [-0.25, -0.2) is 4.98 Å².